The normalized spacial score (nSPS) is 11.3. The number of amides is 1. The number of carbonyl (C=O) groups is 3. The third-order valence-corrected chi connectivity index (χ3v) is 5.98. The van der Waals surface area contributed by atoms with Gasteiger partial charge in [-0.3, -0.25) is 14.2 Å². The topological polar surface area (TPSA) is 152 Å². The first-order valence-electron chi connectivity index (χ1n) is 12.3. The predicted octanol–water partition coefficient (Wildman–Crippen LogP) is 5.29. The lowest BCUT2D eigenvalue weighted by Crippen LogP contribution is -2.25. The van der Waals surface area contributed by atoms with Gasteiger partial charge in [-0.2, -0.15) is 26.3 Å². The van der Waals surface area contributed by atoms with Crippen molar-refractivity contribution in [3.8, 4) is 0 Å². The van der Waals surface area contributed by atoms with Crippen LogP contribution in [0.1, 0.15) is 27.4 Å². The maximum absolute atomic E-state index is 13.2. The fourth-order valence-electron chi connectivity index (χ4n) is 3.79. The molecule has 5 aromatic rings. The van der Waals surface area contributed by atoms with Gasteiger partial charge in [0.05, 0.1) is 11.0 Å². The monoisotopic (exact) mass is 658 g/mol. The number of fused-ring (bicyclic) bond motifs is 3. The lowest BCUT2D eigenvalue weighted by Gasteiger charge is -2.12. The largest absolute Gasteiger partial charge is 0.490 e. The fraction of sp³-hybridized carbons (Fsp3) is 0.185. The van der Waals surface area contributed by atoms with Crippen molar-refractivity contribution in [2.75, 3.05) is 0 Å². The number of rotatable bonds is 5. The van der Waals surface area contributed by atoms with Crippen LogP contribution in [0.4, 0.5) is 26.3 Å². The Morgan fingerprint density at radius 1 is 0.844 bits per heavy atom. The van der Waals surface area contributed by atoms with Crippen molar-refractivity contribution in [3.05, 3.63) is 94.7 Å². The Bertz CT molecular complexity index is 1800. The van der Waals surface area contributed by atoms with Gasteiger partial charge < -0.3 is 20.1 Å². The molecule has 4 heterocycles. The Balaban J connectivity index is 0.000000331. The highest BCUT2D eigenvalue weighted by molar-refractivity contribution is 6.30. The van der Waals surface area contributed by atoms with Crippen LogP contribution >= 0.6 is 11.6 Å². The van der Waals surface area contributed by atoms with Crippen molar-refractivity contribution in [1.82, 2.24) is 29.5 Å². The van der Waals surface area contributed by atoms with Crippen molar-refractivity contribution in [3.63, 3.8) is 0 Å². The van der Waals surface area contributed by atoms with Crippen LogP contribution in [-0.4, -0.2) is 64.6 Å². The summed E-state index contributed by atoms with van der Waals surface area (Å²) in [6.07, 6.45) is -6.74. The molecule has 0 spiro atoms. The van der Waals surface area contributed by atoms with E-state index in [1.807, 2.05) is 70.5 Å². The van der Waals surface area contributed by atoms with Crippen LogP contribution in [0, 0.1) is 6.92 Å². The molecule has 0 radical (unpaired) electrons. The van der Waals surface area contributed by atoms with Gasteiger partial charge in [-0.05, 0) is 60.5 Å². The average molecular weight is 659 g/mol. The number of halogens is 7. The molecule has 11 nitrogen and oxygen atoms in total. The molecule has 45 heavy (non-hydrogen) atoms. The summed E-state index contributed by atoms with van der Waals surface area (Å²) >= 11 is 6.19. The number of alkyl halides is 6. The standard InChI is InChI=1S/C23H19ClN6O.2C2HF3O2/c1-15-27-28-22-6-5-19-20(30(15)22)12-21(23(31)26-13-16-7-9-25-10-8-16)29(19)14-17-3-2-4-18(24)11-17;2*3-2(4,5)1(6)7/h2-12H,13-14H2,1H3,(H,26,31);2*(H,6,7). The minimum Gasteiger partial charge on any atom is -0.475 e. The molecule has 0 aliphatic carbocycles. The SMILES string of the molecule is Cc1nnc2ccc3c(cc(C(=O)NCc4ccncc4)n3Cc3cccc(Cl)c3)n12.O=C(O)C(F)(F)F.O=C(O)C(F)(F)F. The zero-order chi connectivity index (χ0) is 33.5. The third-order valence-electron chi connectivity index (χ3n) is 5.75. The molecule has 0 atom stereocenters. The summed E-state index contributed by atoms with van der Waals surface area (Å²) in [5, 5.41) is 26.3. The lowest BCUT2D eigenvalue weighted by atomic mass is 10.2. The predicted molar refractivity (Wildman–Crippen MR) is 147 cm³/mol. The van der Waals surface area contributed by atoms with E-state index in [-0.39, 0.29) is 5.91 Å². The van der Waals surface area contributed by atoms with E-state index < -0.39 is 24.3 Å². The minimum atomic E-state index is -5.08. The quantitative estimate of drug-likeness (QED) is 0.216. The van der Waals surface area contributed by atoms with Gasteiger partial charge in [-0.25, -0.2) is 9.59 Å². The molecule has 5 rings (SSSR count). The van der Waals surface area contributed by atoms with Crippen LogP contribution in [0.5, 0.6) is 0 Å². The molecule has 18 heteroatoms. The number of nitrogens with zero attached hydrogens (tertiary/aromatic N) is 5. The average Bonchev–Trinajstić information content (AvgIpc) is 3.52. The third kappa shape index (κ3) is 9.15. The van der Waals surface area contributed by atoms with Crippen LogP contribution in [0.3, 0.4) is 0 Å². The van der Waals surface area contributed by atoms with Gasteiger partial charge in [-0.15, -0.1) is 10.2 Å². The van der Waals surface area contributed by atoms with Gasteiger partial charge in [0.2, 0.25) is 0 Å². The number of carbonyl (C=O) groups excluding carboxylic acids is 1. The van der Waals surface area contributed by atoms with Gasteiger partial charge in [-0.1, -0.05) is 23.7 Å². The Labute approximate surface area is 253 Å². The van der Waals surface area contributed by atoms with Crippen LogP contribution < -0.4 is 5.32 Å². The first kappa shape index (κ1) is 34.3. The summed E-state index contributed by atoms with van der Waals surface area (Å²) in [5.74, 6) is -4.90. The number of benzene rings is 1. The van der Waals surface area contributed by atoms with Crippen molar-refractivity contribution in [2.45, 2.75) is 32.4 Å². The number of hydrogen-bond acceptors (Lipinski definition) is 6. The van der Waals surface area contributed by atoms with Crippen LogP contribution in [0.2, 0.25) is 5.02 Å². The van der Waals surface area contributed by atoms with Crippen LogP contribution in [-0.2, 0) is 22.7 Å². The first-order valence-corrected chi connectivity index (χ1v) is 12.7. The zero-order valence-corrected chi connectivity index (χ0v) is 23.5. The van der Waals surface area contributed by atoms with Gasteiger partial charge >= 0.3 is 24.3 Å². The first-order chi connectivity index (χ1) is 21.0. The van der Waals surface area contributed by atoms with Gasteiger partial charge in [0.15, 0.2) is 5.65 Å². The second-order valence-electron chi connectivity index (χ2n) is 8.93. The molecule has 3 N–H and O–H groups in total. The van der Waals surface area contributed by atoms with E-state index in [4.69, 9.17) is 31.4 Å². The van der Waals surface area contributed by atoms with Crippen molar-refractivity contribution in [2.24, 2.45) is 0 Å². The Hall–Kier alpha value is -5.19. The van der Waals surface area contributed by atoms with Gasteiger partial charge in [0, 0.05) is 30.5 Å². The maximum atomic E-state index is 13.2. The molecule has 0 aliphatic rings. The summed E-state index contributed by atoms with van der Waals surface area (Å²) < 4.78 is 67.4. The summed E-state index contributed by atoms with van der Waals surface area (Å²) in [4.78, 5) is 35.0. The summed E-state index contributed by atoms with van der Waals surface area (Å²) in [5.41, 5.74) is 5.10. The van der Waals surface area contributed by atoms with E-state index in [9.17, 15) is 31.1 Å². The number of carboxylic acids is 2. The van der Waals surface area contributed by atoms with Crippen LogP contribution in [0.25, 0.3) is 16.7 Å². The number of aryl methyl sites for hydroxylation is 1. The Morgan fingerprint density at radius 3 is 2.00 bits per heavy atom. The number of aromatic nitrogens is 5. The van der Waals surface area contributed by atoms with Crippen LogP contribution in [0.15, 0.2) is 67.0 Å². The second-order valence-corrected chi connectivity index (χ2v) is 9.37. The highest BCUT2D eigenvalue weighted by Crippen LogP contribution is 2.25. The zero-order valence-electron chi connectivity index (χ0n) is 22.8. The van der Waals surface area contributed by atoms with E-state index in [1.54, 1.807) is 12.4 Å². The number of pyridine rings is 2. The molecule has 0 saturated heterocycles. The molecule has 1 amide bonds. The molecule has 0 fully saturated rings. The molecule has 238 valence electrons. The molecular weight excluding hydrogens is 638 g/mol. The molecule has 0 aliphatic heterocycles. The second kappa shape index (κ2) is 14.1. The molecule has 0 saturated carbocycles. The van der Waals surface area contributed by atoms with E-state index in [1.165, 1.54) is 0 Å². The molecular formula is C27H21ClF6N6O5. The number of aliphatic carboxylic acids is 2. The van der Waals surface area contributed by atoms with E-state index >= 15 is 0 Å². The number of hydrogen-bond donors (Lipinski definition) is 3. The van der Waals surface area contributed by atoms with E-state index in [2.05, 4.69) is 20.5 Å². The number of nitrogens with one attached hydrogen (secondary N) is 1. The van der Waals surface area contributed by atoms with E-state index in [0.29, 0.717) is 23.8 Å². The minimum absolute atomic E-state index is 0.158. The van der Waals surface area contributed by atoms with Gasteiger partial charge in [0.1, 0.15) is 11.5 Å². The summed E-state index contributed by atoms with van der Waals surface area (Å²) in [6, 6.07) is 17.2. The highest BCUT2D eigenvalue weighted by Gasteiger charge is 2.38. The van der Waals surface area contributed by atoms with Gasteiger partial charge in [0.25, 0.3) is 5.91 Å². The molecule has 4 aromatic heterocycles. The van der Waals surface area contributed by atoms with E-state index in [0.717, 1.165) is 33.6 Å². The van der Waals surface area contributed by atoms with Crippen molar-refractivity contribution < 1.29 is 50.9 Å². The Kier molecular flexibility index (Phi) is 10.7. The summed E-state index contributed by atoms with van der Waals surface area (Å²) in [6.45, 7) is 2.83. The lowest BCUT2D eigenvalue weighted by molar-refractivity contribution is -0.193. The number of carboxylic acid groups (broad SMARTS) is 2. The Morgan fingerprint density at radius 2 is 1.44 bits per heavy atom. The smallest absolute Gasteiger partial charge is 0.475 e. The summed E-state index contributed by atoms with van der Waals surface area (Å²) in [7, 11) is 0. The maximum Gasteiger partial charge on any atom is 0.490 e. The molecule has 1 aromatic carbocycles. The molecule has 0 bridgehead atoms. The van der Waals surface area contributed by atoms with Crippen molar-refractivity contribution in [1.29, 1.82) is 0 Å². The van der Waals surface area contributed by atoms with Crippen molar-refractivity contribution >= 4 is 46.1 Å². The molecule has 0 unspecified atom stereocenters. The fourth-order valence-corrected chi connectivity index (χ4v) is 4.00. The highest BCUT2D eigenvalue weighted by atomic mass is 35.5.